The molecule has 0 aliphatic heterocycles. The van der Waals surface area contributed by atoms with Crippen molar-refractivity contribution in [1.29, 1.82) is 0 Å². The Morgan fingerprint density at radius 2 is 1.88 bits per heavy atom. The average Bonchev–Trinajstić information content (AvgIpc) is 3.13. The average molecular weight is 389 g/mol. The third-order valence-electron chi connectivity index (χ3n) is 3.77. The number of hydrogen-bond donors (Lipinski definition) is 1. The molecule has 0 bridgehead atoms. The van der Waals surface area contributed by atoms with Gasteiger partial charge in [0, 0.05) is 22.3 Å². The molecule has 25 heavy (non-hydrogen) atoms. The smallest absolute Gasteiger partial charge is 0.348 e. The van der Waals surface area contributed by atoms with Crippen LogP contribution in [0.3, 0.4) is 0 Å². The Morgan fingerprint density at radius 3 is 2.56 bits per heavy atom. The highest BCUT2D eigenvalue weighted by Crippen LogP contribution is 2.36. The molecule has 1 N–H and O–H groups in total. The van der Waals surface area contributed by atoms with Gasteiger partial charge in [-0.05, 0) is 18.2 Å². The summed E-state index contributed by atoms with van der Waals surface area (Å²) in [6, 6.07) is 14.6. The predicted octanol–water partition coefficient (Wildman–Crippen LogP) is 5.73. The highest BCUT2D eigenvalue weighted by molar-refractivity contribution is 7.19. The van der Waals surface area contributed by atoms with E-state index >= 15 is 0 Å². The number of hydrogen-bond acceptors (Lipinski definition) is 3. The van der Waals surface area contributed by atoms with Gasteiger partial charge in [-0.3, -0.25) is 4.40 Å². The van der Waals surface area contributed by atoms with Gasteiger partial charge in [0.25, 0.3) is 0 Å². The van der Waals surface area contributed by atoms with Gasteiger partial charge >= 0.3 is 5.97 Å². The van der Waals surface area contributed by atoms with Gasteiger partial charge in [-0.15, -0.1) is 0 Å². The van der Waals surface area contributed by atoms with E-state index in [1.54, 1.807) is 28.8 Å². The van der Waals surface area contributed by atoms with E-state index in [2.05, 4.69) is 4.98 Å². The van der Waals surface area contributed by atoms with Crippen LogP contribution in [-0.4, -0.2) is 20.5 Å². The third-order valence-corrected chi connectivity index (χ3v) is 5.36. The van der Waals surface area contributed by atoms with Crippen molar-refractivity contribution in [3.8, 4) is 22.5 Å². The quantitative estimate of drug-likeness (QED) is 0.487. The standard InChI is InChI=1S/C18H10Cl2N2O2S/c19-11-6-7-12(13(20)8-11)14-9-22-15(10-4-2-1-3-5-10)16(17(23)24)25-18(22)21-14/h1-9H,(H,23,24). The molecule has 7 heteroatoms. The van der Waals surface area contributed by atoms with Gasteiger partial charge in [0.15, 0.2) is 4.96 Å². The summed E-state index contributed by atoms with van der Waals surface area (Å²) < 4.78 is 1.80. The molecule has 0 aliphatic carbocycles. The lowest BCUT2D eigenvalue weighted by molar-refractivity contribution is 0.0702. The van der Waals surface area contributed by atoms with Crippen LogP contribution in [0.5, 0.6) is 0 Å². The Morgan fingerprint density at radius 1 is 1.12 bits per heavy atom. The van der Waals surface area contributed by atoms with Gasteiger partial charge in [-0.25, -0.2) is 9.78 Å². The van der Waals surface area contributed by atoms with Gasteiger partial charge < -0.3 is 5.11 Å². The van der Waals surface area contributed by atoms with E-state index in [1.165, 1.54) is 0 Å². The number of nitrogens with zero attached hydrogens (tertiary/aromatic N) is 2. The topological polar surface area (TPSA) is 54.6 Å². The first kappa shape index (κ1) is 16.1. The Balaban J connectivity index is 1.95. The second kappa shape index (κ2) is 6.19. The first-order valence-electron chi connectivity index (χ1n) is 7.30. The molecule has 0 amide bonds. The van der Waals surface area contributed by atoms with Crippen molar-refractivity contribution in [2.45, 2.75) is 0 Å². The summed E-state index contributed by atoms with van der Waals surface area (Å²) in [7, 11) is 0. The van der Waals surface area contributed by atoms with Crippen LogP contribution >= 0.6 is 34.5 Å². The van der Waals surface area contributed by atoms with Gasteiger partial charge in [-0.2, -0.15) is 0 Å². The monoisotopic (exact) mass is 388 g/mol. The Bertz CT molecular complexity index is 1100. The third kappa shape index (κ3) is 2.80. The van der Waals surface area contributed by atoms with Gasteiger partial charge in [0.1, 0.15) is 4.88 Å². The summed E-state index contributed by atoms with van der Waals surface area (Å²) in [6.07, 6.45) is 1.80. The first-order chi connectivity index (χ1) is 12.0. The maximum atomic E-state index is 11.6. The maximum Gasteiger partial charge on any atom is 0.348 e. The molecule has 2 aromatic carbocycles. The number of imidazole rings is 1. The van der Waals surface area contributed by atoms with E-state index in [9.17, 15) is 9.90 Å². The number of rotatable bonds is 3. The molecule has 4 rings (SSSR count). The lowest BCUT2D eigenvalue weighted by atomic mass is 10.1. The van der Waals surface area contributed by atoms with E-state index in [1.807, 2.05) is 30.3 Å². The molecule has 0 aliphatic rings. The highest BCUT2D eigenvalue weighted by Gasteiger charge is 2.22. The Hall–Kier alpha value is -2.34. The van der Waals surface area contributed by atoms with Crippen molar-refractivity contribution in [2.24, 2.45) is 0 Å². The molecule has 0 saturated carbocycles. The molecule has 0 atom stereocenters. The van der Waals surface area contributed by atoms with Crippen molar-refractivity contribution < 1.29 is 9.90 Å². The molecular formula is C18H10Cl2N2O2S. The minimum Gasteiger partial charge on any atom is -0.477 e. The van der Waals surface area contributed by atoms with Crippen LogP contribution < -0.4 is 0 Å². The first-order valence-corrected chi connectivity index (χ1v) is 8.88. The van der Waals surface area contributed by atoms with Crippen LogP contribution in [0.2, 0.25) is 10.0 Å². The van der Waals surface area contributed by atoms with Crippen LogP contribution in [0, 0.1) is 0 Å². The lowest BCUT2D eigenvalue weighted by Crippen LogP contribution is -1.97. The molecule has 0 spiro atoms. The Labute approximate surface area is 156 Å². The van der Waals surface area contributed by atoms with E-state index in [-0.39, 0.29) is 4.88 Å². The fourth-order valence-electron chi connectivity index (χ4n) is 2.68. The summed E-state index contributed by atoms with van der Waals surface area (Å²) in [5, 5.41) is 10.6. The number of carboxylic acid groups (broad SMARTS) is 1. The summed E-state index contributed by atoms with van der Waals surface area (Å²) >= 11 is 13.4. The summed E-state index contributed by atoms with van der Waals surface area (Å²) in [6.45, 7) is 0. The van der Waals surface area contributed by atoms with Crippen molar-refractivity contribution in [1.82, 2.24) is 9.38 Å². The van der Waals surface area contributed by atoms with Crippen molar-refractivity contribution in [3.05, 3.63) is 69.7 Å². The molecule has 4 nitrogen and oxygen atoms in total. The van der Waals surface area contributed by atoms with Crippen LogP contribution in [0.15, 0.2) is 54.7 Å². The molecule has 4 aromatic rings. The summed E-state index contributed by atoms with van der Waals surface area (Å²) in [5.41, 5.74) is 2.84. The van der Waals surface area contributed by atoms with Crippen LogP contribution in [-0.2, 0) is 0 Å². The molecular weight excluding hydrogens is 379 g/mol. The molecule has 2 aromatic heterocycles. The fourth-order valence-corrected chi connectivity index (χ4v) is 4.16. The zero-order valence-electron chi connectivity index (χ0n) is 12.6. The molecule has 124 valence electrons. The molecule has 0 fully saturated rings. The molecule has 2 heterocycles. The SMILES string of the molecule is O=C(O)c1sc2nc(-c3ccc(Cl)cc3Cl)cn2c1-c1ccccc1. The normalized spacial score (nSPS) is 11.1. The highest BCUT2D eigenvalue weighted by atomic mass is 35.5. The van der Waals surface area contributed by atoms with Crippen molar-refractivity contribution in [3.63, 3.8) is 0 Å². The van der Waals surface area contributed by atoms with Crippen molar-refractivity contribution in [2.75, 3.05) is 0 Å². The second-order valence-corrected chi connectivity index (χ2v) is 7.18. The second-order valence-electron chi connectivity index (χ2n) is 5.35. The Kier molecular flexibility index (Phi) is 4.00. The number of aromatic carboxylic acids is 1. The minimum atomic E-state index is -0.972. The fraction of sp³-hybridized carbons (Fsp3) is 0. The molecule has 0 radical (unpaired) electrons. The number of fused-ring (bicyclic) bond motifs is 1. The zero-order chi connectivity index (χ0) is 17.6. The molecule has 0 saturated heterocycles. The number of carboxylic acids is 1. The maximum absolute atomic E-state index is 11.6. The minimum absolute atomic E-state index is 0.252. The van der Waals surface area contributed by atoms with Gasteiger partial charge in [0.2, 0.25) is 0 Å². The van der Waals surface area contributed by atoms with E-state index in [0.717, 1.165) is 22.5 Å². The van der Waals surface area contributed by atoms with E-state index < -0.39 is 5.97 Å². The number of aromatic nitrogens is 2. The number of halogens is 2. The van der Waals surface area contributed by atoms with Crippen LogP contribution in [0.4, 0.5) is 0 Å². The molecule has 0 unspecified atom stereocenters. The van der Waals surface area contributed by atoms with E-state index in [0.29, 0.717) is 26.4 Å². The van der Waals surface area contributed by atoms with Crippen LogP contribution in [0.25, 0.3) is 27.5 Å². The number of benzene rings is 2. The number of thiazole rings is 1. The number of carbonyl (C=O) groups is 1. The predicted molar refractivity (Wildman–Crippen MR) is 101 cm³/mol. The summed E-state index contributed by atoms with van der Waals surface area (Å²) in [5.74, 6) is -0.972. The largest absolute Gasteiger partial charge is 0.477 e. The van der Waals surface area contributed by atoms with Crippen LogP contribution in [0.1, 0.15) is 9.67 Å². The van der Waals surface area contributed by atoms with Gasteiger partial charge in [-0.1, -0.05) is 64.9 Å². The van der Waals surface area contributed by atoms with Gasteiger partial charge in [0.05, 0.1) is 16.4 Å². The van der Waals surface area contributed by atoms with Crippen molar-refractivity contribution >= 4 is 45.5 Å². The lowest BCUT2D eigenvalue weighted by Gasteiger charge is -2.03. The summed E-state index contributed by atoms with van der Waals surface area (Å²) in [4.78, 5) is 17.0. The zero-order valence-corrected chi connectivity index (χ0v) is 14.9. The van der Waals surface area contributed by atoms with E-state index in [4.69, 9.17) is 23.2 Å².